The number of nitrogens with one attached hydrogen (secondary N) is 1. The standard InChI is InChI=1S/C34H39N3O5S/c1-25(2)22-35-34(39)32(20-26-11-6-5-7-12-26)37(23-27-13-10-16-30(19-27)42-4)33(38)24-36(3)43(40,41)31-18-17-28-14-8-9-15-29(28)21-31/h5-19,21,25,32H,20,22-24H2,1-4H3,(H,35,39). The van der Waals surface area contributed by atoms with Gasteiger partial charge in [0.1, 0.15) is 11.8 Å². The molecule has 0 aliphatic carbocycles. The van der Waals surface area contributed by atoms with Gasteiger partial charge >= 0.3 is 0 Å². The molecule has 0 aromatic heterocycles. The third kappa shape index (κ3) is 8.21. The van der Waals surface area contributed by atoms with Gasteiger partial charge in [0.25, 0.3) is 0 Å². The van der Waals surface area contributed by atoms with Crippen molar-refractivity contribution in [1.29, 1.82) is 0 Å². The van der Waals surface area contributed by atoms with Crippen molar-refractivity contribution < 1.29 is 22.7 Å². The number of amides is 2. The second kappa shape index (κ2) is 14.3. The quantitative estimate of drug-likeness (QED) is 0.236. The van der Waals surface area contributed by atoms with Gasteiger partial charge < -0.3 is 15.0 Å². The predicted molar refractivity (Wildman–Crippen MR) is 169 cm³/mol. The van der Waals surface area contributed by atoms with Crippen molar-refractivity contribution in [2.24, 2.45) is 5.92 Å². The molecule has 0 fully saturated rings. The van der Waals surface area contributed by atoms with Crippen LogP contribution in [-0.2, 0) is 32.6 Å². The van der Waals surface area contributed by atoms with E-state index in [0.717, 1.165) is 26.2 Å². The SMILES string of the molecule is COc1cccc(CN(C(=O)CN(C)S(=O)(=O)c2ccc3ccccc3c2)C(Cc2ccccc2)C(=O)NCC(C)C)c1. The summed E-state index contributed by atoms with van der Waals surface area (Å²) < 4.78 is 33.6. The molecule has 4 aromatic rings. The zero-order chi connectivity index (χ0) is 31.0. The van der Waals surface area contributed by atoms with E-state index >= 15 is 0 Å². The highest BCUT2D eigenvalue weighted by atomic mass is 32.2. The van der Waals surface area contributed by atoms with Gasteiger partial charge in [0.15, 0.2) is 0 Å². The maximum atomic E-state index is 14.1. The molecule has 9 heteroatoms. The molecule has 226 valence electrons. The average Bonchev–Trinajstić information content (AvgIpc) is 3.01. The van der Waals surface area contributed by atoms with Gasteiger partial charge in [-0.25, -0.2) is 8.42 Å². The van der Waals surface area contributed by atoms with Gasteiger partial charge in [-0.3, -0.25) is 9.59 Å². The summed E-state index contributed by atoms with van der Waals surface area (Å²) in [6.07, 6.45) is 0.265. The van der Waals surface area contributed by atoms with Gasteiger partial charge in [-0.1, -0.05) is 86.6 Å². The molecule has 2 amide bonds. The van der Waals surface area contributed by atoms with Crippen molar-refractivity contribution in [2.75, 3.05) is 27.2 Å². The number of hydrogen-bond acceptors (Lipinski definition) is 5. The molecule has 0 radical (unpaired) electrons. The minimum absolute atomic E-state index is 0.0898. The highest BCUT2D eigenvalue weighted by Crippen LogP contribution is 2.23. The van der Waals surface area contributed by atoms with E-state index < -0.39 is 28.5 Å². The van der Waals surface area contributed by atoms with Crippen molar-refractivity contribution >= 4 is 32.6 Å². The lowest BCUT2D eigenvalue weighted by Crippen LogP contribution is -2.53. The van der Waals surface area contributed by atoms with Crippen molar-refractivity contribution in [3.63, 3.8) is 0 Å². The largest absolute Gasteiger partial charge is 0.497 e. The molecule has 1 atom stereocenters. The zero-order valence-corrected chi connectivity index (χ0v) is 25.9. The summed E-state index contributed by atoms with van der Waals surface area (Å²) in [5.41, 5.74) is 1.63. The Bertz CT molecular complexity index is 1660. The summed E-state index contributed by atoms with van der Waals surface area (Å²) >= 11 is 0. The average molecular weight is 602 g/mol. The Morgan fingerprint density at radius 2 is 1.51 bits per heavy atom. The van der Waals surface area contributed by atoms with E-state index in [1.807, 2.05) is 80.6 Å². The number of hydrogen-bond donors (Lipinski definition) is 1. The molecule has 0 aliphatic heterocycles. The lowest BCUT2D eigenvalue weighted by atomic mass is 10.0. The summed E-state index contributed by atoms with van der Waals surface area (Å²) in [4.78, 5) is 29.3. The Labute approximate surface area is 254 Å². The molecule has 4 rings (SSSR count). The summed E-state index contributed by atoms with van der Waals surface area (Å²) in [5.74, 6) is 0.0380. The minimum Gasteiger partial charge on any atom is -0.497 e. The Balaban J connectivity index is 1.68. The van der Waals surface area contributed by atoms with Crippen LogP contribution in [0.2, 0.25) is 0 Å². The van der Waals surface area contributed by atoms with E-state index in [2.05, 4.69) is 5.32 Å². The molecule has 1 unspecified atom stereocenters. The second-order valence-electron chi connectivity index (χ2n) is 11.0. The third-order valence-corrected chi connectivity index (χ3v) is 9.03. The monoisotopic (exact) mass is 601 g/mol. The molecule has 1 N–H and O–H groups in total. The Hall–Kier alpha value is -4.21. The summed E-state index contributed by atoms with van der Waals surface area (Å²) in [7, 11) is -1.06. The van der Waals surface area contributed by atoms with E-state index in [4.69, 9.17) is 4.74 Å². The summed E-state index contributed by atoms with van der Waals surface area (Å²) in [6, 6.07) is 28.3. The molecule has 43 heavy (non-hydrogen) atoms. The number of rotatable bonds is 13. The van der Waals surface area contributed by atoms with Crippen molar-refractivity contribution in [1.82, 2.24) is 14.5 Å². The van der Waals surface area contributed by atoms with Crippen molar-refractivity contribution in [3.8, 4) is 5.75 Å². The lowest BCUT2D eigenvalue weighted by Gasteiger charge is -2.33. The van der Waals surface area contributed by atoms with Crippen LogP contribution in [0.3, 0.4) is 0 Å². The molecule has 0 heterocycles. The third-order valence-electron chi connectivity index (χ3n) is 7.23. The maximum absolute atomic E-state index is 14.1. The topological polar surface area (TPSA) is 96.0 Å². The van der Waals surface area contributed by atoms with Crippen molar-refractivity contribution in [2.45, 2.75) is 37.8 Å². The van der Waals surface area contributed by atoms with E-state index in [0.29, 0.717) is 12.3 Å². The fourth-order valence-electron chi connectivity index (χ4n) is 4.82. The summed E-state index contributed by atoms with van der Waals surface area (Å²) in [5, 5.41) is 4.69. The number of likely N-dealkylation sites (N-methyl/N-ethyl adjacent to an activating group) is 1. The molecule has 0 saturated heterocycles. The van der Waals surface area contributed by atoms with Gasteiger partial charge in [0.2, 0.25) is 21.8 Å². The fourth-order valence-corrected chi connectivity index (χ4v) is 5.97. The highest BCUT2D eigenvalue weighted by molar-refractivity contribution is 7.89. The number of sulfonamides is 1. The zero-order valence-electron chi connectivity index (χ0n) is 25.1. The number of methoxy groups -OCH3 is 1. The number of ether oxygens (including phenoxy) is 1. The molecular formula is C34H39N3O5S. The van der Waals surface area contributed by atoms with Crippen LogP contribution in [0.4, 0.5) is 0 Å². The second-order valence-corrected chi connectivity index (χ2v) is 13.0. The first-order valence-corrected chi connectivity index (χ1v) is 15.7. The fraction of sp³-hybridized carbons (Fsp3) is 0.294. The molecule has 0 spiro atoms. The first-order valence-electron chi connectivity index (χ1n) is 14.3. The van der Waals surface area contributed by atoms with E-state index in [1.54, 1.807) is 37.4 Å². The van der Waals surface area contributed by atoms with E-state index in [9.17, 15) is 18.0 Å². The van der Waals surface area contributed by atoms with Gasteiger partial charge in [-0.15, -0.1) is 0 Å². The van der Waals surface area contributed by atoms with Crippen LogP contribution in [-0.4, -0.2) is 62.7 Å². The molecule has 0 bridgehead atoms. The first-order chi connectivity index (χ1) is 20.6. The molecule has 4 aromatic carbocycles. The van der Waals surface area contributed by atoms with E-state index in [1.165, 1.54) is 11.9 Å². The van der Waals surface area contributed by atoms with E-state index in [-0.39, 0.29) is 29.7 Å². The summed E-state index contributed by atoms with van der Waals surface area (Å²) in [6.45, 7) is 4.09. The number of carbonyl (C=O) groups is 2. The minimum atomic E-state index is -4.00. The normalized spacial score (nSPS) is 12.3. The smallest absolute Gasteiger partial charge is 0.243 e. The van der Waals surface area contributed by atoms with Crippen molar-refractivity contribution in [3.05, 3.63) is 108 Å². The van der Waals surface area contributed by atoms with Crippen LogP contribution < -0.4 is 10.1 Å². The number of nitrogens with zero attached hydrogens (tertiary/aromatic N) is 2. The molecule has 8 nitrogen and oxygen atoms in total. The Morgan fingerprint density at radius 1 is 0.837 bits per heavy atom. The van der Waals surface area contributed by atoms with Gasteiger partial charge in [0.05, 0.1) is 18.6 Å². The van der Waals surface area contributed by atoms with Crippen LogP contribution >= 0.6 is 0 Å². The highest BCUT2D eigenvalue weighted by Gasteiger charge is 2.33. The van der Waals surface area contributed by atoms with Crippen LogP contribution in [0.15, 0.2) is 102 Å². The Morgan fingerprint density at radius 3 is 2.21 bits per heavy atom. The van der Waals surface area contributed by atoms with Gasteiger partial charge in [-0.05, 0) is 52.1 Å². The van der Waals surface area contributed by atoms with Crippen LogP contribution in [0.1, 0.15) is 25.0 Å². The number of fused-ring (bicyclic) bond motifs is 1. The molecular weight excluding hydrogens is 562 g/mol. The van der Waals surface area contributed by atoms with Gasteiger partial charge in [-0.2, -0.15) is 4.31 Å². The predicted octanol–water partition coefficient (Wildman–Crippen LogP) is 4.88. The maximum Gasteiger partial charge on any atom is 0.243 e. The van der Waals surface area contributed by atoms with Gasteiger partial charge in [0, 0.05) is 26.6 Å². The van der Waals surface area contributed by atoms with Crippen LogP contribution in [0.5, 0.6) is 5.75 Å². The number of carbonyl (C=O) groups excluding carboxylic acids is 2. The lowest BCUT2D eigenvalue weighted by molar-refractivity contribution is -0.141. The Kier molecular flexibility index (Phi) is 10.6. The molecule has 0 aliphatic rings. The van der Waals surface area contributed by atoms with Crippen LogP contribution in [0, 0.1) is 5.92 Å². The van der Waals surface area contributed by atoms with Crippen LogP contribution in [0.25, 0.3) is 10.8 Å². The first kappa shape index (κ1) is 31.7. The number of benzene rings is 4. The molecule has 0 saturated carbocycles.